The van der Waals surface area contributed by atoms with Crippen molar-refractivity contribution in [3.63, 3.8) is 0 Å². The van der Waals surface area contributed by atoms with Crippen molar-refractivity contribution in [2.45, 2.75) is 26.2 Å². The Morgan fingerprint density at radius 3 is 2.70 bits per heavy atom. The van der Waals surface area contributed by atoms with Crippen LogP contribution in [0.4, 0.5) is 5.69 Å². The SMILES string of the molecule is CCC1CCN(CC(=O)c2cccc([N+](=O)[O-])c2)CC1. The highest BCUT2D eigenvalue weighted by molar-refractivity contribution is 5.98. The van der Waals surface area contributed by atoms with Gasteiger partial charge in [0.05, 0.1) is 11.5 Å². The van der Waals surface area contributed by atoms with Gasteiger partial charge in [0.15, 0.2) is 5.78 Å². The summed E-state index contributed by atoms with van der Waals surface area (Å²) in [6.45, 7) is 4.45. The molecule has 1 aliphatic rings. The van der Waals surface area contributed by atoms with Crippen LogP contribution in [0.5, 0.6) is 0 Å². The van der Waals surface area contributed by atoms with E-state index in [4.69, 9.17) is 0 Å². The zero-order chi connectivity index (χ0) is 14.5. The third-order valence-electron chi connectivity index (χ3n) is 4.03. The molecule has 0 saturated carbocycles. The molecule has 108 valence electrons. The summed E-state index contributed by atoms with van der Waals surface area (Å²) in [5.41, 5.74) is 0.400. The molecule has 1 aromatic rings. The third-order valence-corrected chi connectivity index (χ3v) is 4.03. The summed E-state index contributed by atoms with van der Waals surface area (Å²) in [5.74, 6) is 0.739. The van der Waals surface area contributed by atoms with Gasteiger partial charge >= 0.3 is 0 Å². The second-order valence-corrected chi connectivity index (χ2v) is 5.36. The molecule has 5 heteroatoms. The number of piperidine rings is 1. The second kappa shape index (κ2) is 6.61. The van der Waals surface area contributed by atoms with Crippen molar-refractivity contribution in [3.05, 3.63) is 39.9 Å². The molecule has 0 atom stereocenters. The Labute approximate surface area is 118 Å². The maximum Gasteiger partial charge on any atom is 0.270 e. The first kappa shape index (κ1) is 14.7. The van der Waals surface area contributed by atoms with E-state index >= 15 is 0 Å². The number of ketones is 1. The molecular formula is C15H20N2O3. The van der Waals surface area contributed by atoms with E-state index in [1.807, 2.05) is 0 Å². The first-order valence-corrected chi connectivity index (χ1v) is 7.10. The summed E-state index contributed by atoms with van der Waals surface area (Å²) < 4.78 is 0. The highest BCUT2D eigenvalue weighted by atomic mass is 16.6. The Morgan fingerprint density at radius 1 is 1.40 bits per heavy atom. The predicted molar refractivity (Wildman–Crippen MR) is 76.9 cm³/mol. The number of carbonyl (C=O) groups excluding carboxylic acids is 1. The standard InChI is InChI=1S/C15H20N2O3/c1-2-12-6-8-16(9-7-12)11-15(18)13-4-3-5-14(10-13)17(19)20/h3-5,10,12H,2,6-9,11H2,1H3. The minimum atomic E-state index is -0.469. The topological polar surface area (TPSA) is 63.5 Å². The molecule has 0 radical (unpaired) electrons. The smallest absolute Gasteiger partial charge is 0.270 e. The van der Waals surface area contributed by atoms with Crippen LogP contribution in [0.3, 0.4) is 0 Å². The number of likely N-dealkylation sites (tertiary alicyclic amines) is 1. The zero-order valence-corrected chi connectivity index (χ0v) is 11.7. The highest BCUT2D eigenvalue weighted by Gasteiger charge is 2.20. The average molecular weight is 276 g/mol. The fraction of sp³-hybridized carbons (Fsp3) is 0.533. The normalized spacial score (nSPS) is 17.1. The van der Waals surface area contributed by atoms with E-state index in [-0.39, 0.29) is 11.5 Å². The summed E-state index contributed by atoms with van der Waals surface area (Å²) >= 11 is 0. The molecule has 1 fully saturated rings. The molecule has 1 saturated heterocycles. The molecule has 1 aliphatic heterocycles. The van der Waals surface area contributed by atoms with E-state index in [0.717, 1.165) is 31.8 Å². The highest BCUT2D eigenvalue weighted by Crippen LogP contribution is 2.20. The molecular weight excluding hydrogens is 256 g/mol. The second-order valence-electron chi connectivity index (χ2n) is 5.36. The molecule has 1 aromatic carbocycles. The van der Waals surface area contributed by atoms with E-state index in [1.165, 1.54) is 18.6 Å². The quantitative estimate of drug-likeness (QED) is 0.471. The average Bonchev–Trinajstić information content (AvgIpc) is 2.48. The van der Waals surface area contributed by atoms with Crippen molar-refractivity contribution in [3.8, 4) is 0 Å². The van der Waals surface area contributed by atoms with Gasteiger partial charge in [0, 0.05) is 17.7 Å². The van der Waals surface area contributed by atoms with Gasteiger partial charge in [-0.1, -0.05) is 25.5 Å². The van der Waals surface area contributed by atoms with Crippen molar-refractivity contribution < 1.29 is 9.72 Å². The van der Waals surface area contributed by atoms with Crippen LogP contribution in [0.25, 0.3) is 0 Å². The number of non-ortho nitro benzene ring substituents is 1. The molecule has 0 aliphatic carbocycles. The van der Waals surface area contributed by atoms with Crippen LogP contribution in [0.1, 0.15) is 36.5 Å². The van der Waals surface area contributed by atoms with Gasteiger partial charge in [-0.25, -0.2) is 0 Å². The first-order valence-electron chi connectivity index (χ1n) is 7.10. The van der Waals surface area contributed by atoms with Crippen LogP contribution in [0.2, 0.25) is 0 Å². The van der Waals surface area contributed by atoms with E-state index < -0.39 is 4.92 Å². The van der Waals surface area contributed by atoms with Crippen molar-refractivity contribution >= 4 is 11.5 Å². The molecule has 20 heavy (non-hydrogen) atoms. The van der Waals surface area contributed by atoms with Gasteiger partial charge in [0.25, 0.3) is 5.69 Å². The van der Waals surface area contributed by atoms with Crippen LogP contribution in [0.15, 0.2) is 24.3 Å². The number of carbonyl (C=O) groups is 1. The maximum absolute atomic E-state index is 12.2. The molecule has 0 unspecified atom stereocenters. The maximum atomic E-state index is 12.2. The number of rotatable bonds is 5. The van der Waals surface area contributed by atoms with E-state index in [2.05, 4.69) is 11.8 Å². The fourth-order valence-corrected chi connectivity index (χ4v) is 2.64. The number of nitrogens with zero attached hydrogens (tertiary/aromatic N) is 2. The number of Topliss-reactive ketones (excluding diaryl/α,β-unsaturated/α-hetero) is 1. The predicted octanol–water partition coefficient (Wildman–Crippen LogP) is 2.90. The summed E-state index contributed by atoms with van der Waals surface area (Å²) in [7, 11) is 0. The summed E-state index contributed by atoms with van der Waals surface area (Å²) in [6, 6.07) is 5.98. The number of benzene rings is 1. The molecule has 0 spiro atoms. The lowest BCUT2D eigenvalue weighted by atomic mass is 9.94. The Hall–Kier alpha value is -1.75. The molecule has 0 amide bonds. The molecule has 0 N–H and O–H groups in total. The Balaban J connectivity index is 1.95. The largest absolute Gasteiger partial charge is 0.296 e. The van der Waals surface area contributed by atoms with E-state index in [0.29, 0.717) is 12.1 Å². The summed E-state index contributed by atoms with van der Waals surface area (Å²) in [4.78, 5) is 24.6. The minimum absolute atomic E-state index is 0.0273. The van der Waals surface area contributed by atoms with Crippen molar-refractivity contribution in [2.75, 3.05) is 19.6 Å². The van der Waals surface area contributed by atoms with Gasteiger partial charge in [-0.15, -0.1) is 0 Å². The number of hydrogen-bond donors (Lipinski definition) is 0. The zero-order valence-electron chi connectivity index (χ0n) is 11.7. The molecule has 2 rings (SSSR count). The van der Waals surface area contributed by atoms with Gasteiger partial charge in [-0.05, 0) is 31.8 Å². The summed E-state index contributed by atoms with van der Waals surface area (Å²) in [6.07, 6.45) is 3.48. The van der Waals surface area contributed by atoms with Gasteiger partial charge in [0.2, 0.25) is 0 Å². The molecule has 0 aromatic heterocycles. The lowest BCUT2D eigenvalue weighted by Crippen LogP contribution is -2.37. The van der Waals surface area contributed by atoms with E-state index in [9.17, 15) is 14.9 Å². The van der Waals surface area contributed by atoms with Crippen LogP contribution in [-0.2, 0) is 0 Å². The lowest BCUT2D eigenvalue weighted by Gasteiger charge is -2.30. The van der Waals surface area contributed by atoms with Crippen LogP contribution in [0, 0.1) is 16.0 Å². The molecule has 1 heterocycles. The minimum Gasteiger partial charge on any atom is -0.296 e. The van der Waals surface area contributed by atoms with Gasteiger partial charge in [-0.3, -0.25) is 19.8 Å². The fourth-order valence-electron chi connectivity index (χ4n) is 2.64. The van der Waals surface area contributed by atoms with Crippen molar-refractivity contribution in [2.24, 2.45) is 5.92 Å². The lowest BCUT2D eigenvalue weighted by molar-refractivity contribution is -0.384. The van der Waals surface area contributed by atoms with Gasteiger partial charge in [-0.2, -0.15) is 0 Å². The Morgan fingerprint density at radius 2 is 2.10 bits per heavy atom. The summed E-state index contributed by atoms with van der Waals surface area (Å²) in [5, 5.41) is 10.7. The van der Waals surface area contributed by atoms with Crippen LogP contribution < -0.4 is 0 Å². The van der Waals surface area contributed by atoms with Gasteiger partial charge < -0.3 is 0 Å². The monoisotopic (exact) mass is 276 g/mol. The number of nitro benzene ring substituents is 1. The van der Waals surface area contributed by atoms with Crippen molar-refractivity contribution in [1.29, 1.82) is 0 Å². The number of hydrogen-bond acceptors (Lipinski definition) is 4. The van der Waals surface area contributed by atoms with Crippen LogP contribution >= 0.6 is 0 Å². The molecule has 0 bridgehead atoms. The van der Waals surface area contributed by atoms with Crippen molar-refractivity contribution in [1.82, 2.24) is 4.90 Å². The van der Waals surface area contributed by atoms with E-state index in [1.54, 1.807) is 12.1 Å². The Kier molecular flexibility index (Phi) is 4.84. The van der Waals surface area contributed by atoms with Gasteiger partial charge in [0.1, 0.15) is 0 Å². The van der Waals surface area contributed by atoms with Crippen LogP contribution in [-0.4, -0.2) is 35.2 Å². The molecule has 5 nitrogen and oxygen atoms in total. The Bertz CT molecular complexity index is 494. The number of nitro groups is 1. The third kappa shape index (κ3) is 3.63. The first-order chi connectivity index (χ1) is 9.60.